The van der Waals surface area contributed by atoms with Gasteiger partial charge >= 0.3 is 0 Å². The molecule has 0 aliphatic rings. The molecule has 6 heteroatoms. The van der Waals surface area contributed by atoms with Gasteiger partial charge in [0, 0.05) is 51.9 Å². The maximum absolute atomic E-state index is 11.9. The van der Waals surface area contributed by atoms with Crippen molar-refractivity contribution >= 4 is 23.1 Å². The lowest BCUT2D eigenvalue weighted by molar-refractivity contribution is -0.130. The van der Waals surface area contributed by atoms with E-state index in [1.165, 1.54) is 0 Å². The Morgan fingerprint density at radius 1 is 1.35 bits per heavy atom. The Kier molecular flexibility index (Phi) is 7.11. The first kappa shape index (κ1) is 16.5. The van der Waals surface area contributed by atoms with Crippen LogP contribution in [0.2, 0.25) is 0 Å². The van der Waals surface area contributed by atoms with E-state index in [2.05, 4.69) is 9.88 Å². The average Bonchev–Trinajstić information content (AvgIpc) is 2.43. The minimum absolute atomic E-state index is 0.110. The largest absolute Gasteiger partial charge is 0.393 e. The molecule has 0 aliphatic carbocycles. The van der Waals surface area contributed by atoms with E-state index in [1.807, 2.05) is 25.4 Å². The number of rotatable bonds is 8. The molecule has 0 fully saturated rings. The van der Waals surface area contributed by atoms with Crippen molar-refractivity contribution in [2.45, 2.75) is 19.4 Å². The van der Waals surface area contributed by atoms with Gasteiger partial charge in [-0.1, -0.05) is 18.3 Å². The van der Waals surface area contributed by atoms with Crippen LogP contribution in [0.4, 0.5) is 0 Å². The van der Waals surface area contributed by atoms with E-state index >= 15 is 0 Å². The summed E-state index contributed by atoms with van der Waals surface area (Å²) in [5, 5.41) is 0. The van der Waals surface area contributed by atoms with Crippen molar-refractivity contribution in [2.24, 2.45) is 5.73 Å². The van der Waals surface area contributed by atoms with E-state index in [4.69, 9.17) is 18.0 Å². The van der Waals surface area contributed by atoms with Crippen LogP contribution in [0, 0.1) is 0 Å². The summed E-state index contributed by atoms with van der Waals surface area (Å²) in [5.74, 6) is 0.110. The molecule has 0 saturated carbocycles. The van der Waals surface area contributed by atoms with E-state index in [9.17, 15) is 4.79 Å². The standard InChI is InChI=1S/C14H22N4OS/c1-17(11-12-4-3-7-16-10-12)8-6-14(19)18(2)9-5-13(15)20/h3-4,7,10H,5-6,8-9,11H2,1-2H3,(H2,15,20). The predicted molar refractivity (Wildman–Crippen MR) is 84.2 cm³/mol. The minimum Gasteiger partial charge on any atom is -0.393 e. The van der Waals surface area contributed by atoms with Crippen LogP contribution in [0.15, 0.2) is 24.5 Å². The third kappa shape index (κ3) is 6.58. The van der Waals surface area contributed by atoms with Crippen LogP contribution in [-0.4, -0.2) is 52.9 Å². The van der Waals surface area contributed by atoms with Gasteiger partial charge in [0.1, 0.15) is 0 Å². The molecule has 110 valence electrons. The van der Waals surface area contributed by atoms with Crippen molar-refractivity contribution in [1.29, 1.82) is 0 Å². The molecule has 1 amide bonds. The predicted octanol–water partition coefficient (Wildman–Crippen LogP) is 1.04. The quantitative estimate of drug-likeness (QED) is 0.726. The van der Waals surface area contributed by atoms with Crippen LogP contribution in [0.5, 0.6) is 0 Å². The summed E-state index contributed by atoms with van der Waals surface area (Å²) in [6.07, 6.45) is 4.66. The lowest BCUT2D eigenvalue weighted by Crippen LogP contribution is -2.32. The second-order valence-electron chi connectivity index (χ2n) is 4.88. The summed E-state index contributed by atoms with van der Waals surface area (Å²) >= 11 is 4.81. The number of carbonyl (C=O) groups is 1. The Labute approximate surface area is 125 Å². The number of amides is 1. The van der Waals surface area contributed by atoms with Crippen LogP contribution >= 0.6 is 12.2 Å². The first-order valence-corrected chi connectivity index (χ1v) is 6.99. The highest BCUT2D eigenvalue weighted by molar-refractivity contribution is 7.80. The molecular weight excluding hydrogens is 272 g/mol. The van der Waals surface area contributed by atoms with Crippen LogP contribution in [0.1, 0.15) is 18.4 Å². The van der Waals surface area contributed by atoms with Crippen molar-refractivity contribution in [3.8, 4) is 0 Å². The van der Waals surface area contributed by atoms with E-state index in [1.54, 1.807) is 18.1 Å². The fourth-order valence-corrected chi connectivity index (χ4v) is 1.85. The number of carbonyl (C=O) groups excluding carboxylic acids is 1. The SMILES string of the molecule is CN(CCC(=O)N(C)CCC(N)=S)Cc1cccnc1. The van der Waals surface area contributed by atoms with Gasteiger partial charge in [-0.3, -0.25) is 9.78 Å². The molecule has 0 radical (unpaired) electrons. The molecule has 0 spiro atoms. The van der Waals surface area contributed by atoms with Gasteiger partial charge < -0.3 is 15.5 Å². The Balaban J connectivity index is 2.28. The summed E-state index contributed by atoms with van der Waals surface area (Å²) in [6.45, 7) is 2.09. The Morgan fingerprint density at radius 2 is 2.10 bits per heavy atom. The van der Waals surface area contributed by atoms with Gasteiger partial charge in [0.2, 0.25) is 5.91 Å². The summed E-state index contributed by atoms with van der Waals surface area (Å²) in [6, 6.07) is 3.94. The minimum atomic E-state index is 0.110. The lowest BCUT2D eigenvalue weighted by atomic mass is 10.2. The number of hydrogen-bond donors (Lipinski definition) is 1. The van der Waals surface area contributed by atoms with Crippen LogP contribution < -0.4 is 5.73 Å². The number of hydrogen-bond acceptors (Lipinski definition) is 4. The maximum Gasteiger partial charge on any atom is 0.223 e. The van der Waals surface area contributed by atoms with E-state index in [0.717, 1.165) is 12.1 Å². The van der Waals surface area contributed by atoms with Crippen LogP contribution in [0.25, 0.3) is 0 Å². The molecule has 0 aliphatic heterocycles. The third-order valence-electron chi connectivity index (χ3n) is 3.00. The number of nitrogens with two attached hydrogens (primary N) is 1. The molecule has 0 bridgehead atoms. The first-order chi connectivity index (χ1) is 9.49. The zero-order valence-electron chi connectivity index (χ0n) is 12.1. The van der Waals surface area contributed by atoms with Crippen molar-refractivity contribution in [3.05, 3.63) is 30.1 Å². The van der Waals surface area contributed by atoms with Crippen molar-refractivity contribution < 1.29 is 4.79 Å². The first-order valence-electron chi connectivity index (χ1n) is 6.58. The number of thiocarbonyl (C=S) groups is 1. The van der Waals surface area contributed by atoms with Crippen molar-refractivity contribution in [2.75, 3.05) is 27.2 Å². The molecule has 20 heavy (non-hydrogen) atoms. The zero-order valence-corrected chi connectivity index (χ0v) is 12.9. The van der Waals surface area contributed by atoms with Gasteiger partial charge in [-0.25, -0.2) is 0 Å². The van der Waals surface area contributed by atoms with E-state index < -0.39 is 0 Å². The summed E-state index contributed by atoms with van der Waals surface area (Å²) in [7, 11) is 3.77. The molecule has 1 aromatic rings. The van der Waals surface area contributed by atoms with Gasteiger partial charge in [-0.2, -0.15) is 0 Å². The normalized spacial score (nSPS) is 10.6. The number of pyridine rings is 1. The highest BCUT2D eigenvalue weighted by atomic mass is 32.1. The summed E-state index contributed by atoms with van der Waals surface area (Å²) in [5.41, 5.74) is 6.57. The van der Waals surface area contributed by atoms with E-state index in [-0.39, 0.29) is 5.91 Å². The molecule has 1 heterocycles. The molecule has 0 unspecified atom stereocenters. The third-order valence-corrected chi connectivity index (χ3v) is 3.21. The molecule has 1 aromatic heterocycles. The highest BCUT2D eigenvalue weighted by Gasteiger charge is 2.10. The highest BCUT2D eigenvalue weighted by Crippen LogP contribution is 2.02. The maximum atomic E-state index is 11.9. The number of nitrogens with zero attached hydrogens (tertiary/aromatic N) is 3. The van der Waals surface area contributed by atoms with Crippen molar-refractivity contribution in [3.63, 3.8) is 0 Å². The van der Waals surface area contributed by atoms with Gasteiger partial charge in [0.05, 0.1) is 4.99 Å². The smallest absolute Gasteiger partial charge is 0.223 e. The van der Waals surface area contributed by atoms with Gasteiger partial charge in [-0.15, -0.1) is 0 Å². The molecule has 1 rings (SSSR count). The van der Waals surface area contributed by atoms with Gasteiger partial charge in [-0.05, 0) is 18.7 Å². The Morgan fingerprint density at radius 3 is 2.70 bits per heavy atom. The monoisotopic (exact) mass is 294 g/mol. The molecular formula is C14H22N4OS. The van der Waals surface area contributed by atoms with Gasteiger partial charge in [0.25, 0.3) is 0 Å². The molecule has 0 saturated heterocycles. The zero-order chi connectivity index (χ0) is 15.0. The topological polar surface area (TPSA) is 62.5 Å². The summed E-state index contributed by atoms with van der Waals surface area (Å²) < 4.78 is 0. The molecule has 2 N–H and O–H groups in total. The fraction of sp³-hybridized carbons (Fsp3) is 0.500. The fourth-order valence-electron chi connectivity index (χ4n) is 1.76. The lowest BCUT2D eigenvalue weighted by Gasteiger charge is -2.20. The Hall–Kier alpha value is -1.53. The van der Waals surface area contributed by atoms with Crippen molar-refractivity contribution in [1.82, 2.24) is 14.8 Å². The summed E-state index contributed by atoms with van der Waals surface area (Å²) in [4.78, 5) is 20.2. The number of aromatic nitrogens is 1. The van der Waals surface area contributed by atoms with Gasteiger partial charge in [0.15, 0.2) is 0 Å². The Bertz CT molecular complexity index is 438. The average molecular weight is 294 g/mol. The molecule has 5 nitrogen and oxygen atoms in total. The van der Waals surface area contributed by atoms with E-state index in [0.29, 0.717) is 30.9 Å². The molecule has 0 aromatic carbocycles. The second-order valence-corrected chi connectivity index (χ2v) is 5.41. The second kappa shape index (κ2) is 8.60. The van der Waals surface area contributed by atoms with Crippen LogP contribution in [0.3, 0.4) is 0 Å². The van der Waals surface area contributed by atoms with Crippen LogP contribution in [-0.2, 0) is 11.3 Å². The molecule has 0 atom stereocenters.